The fourth-order valence-electron chi connectivity index (χ4n) is 2.22. The van der Waals surface area contributed by atoms with Crippen LogP contribution in [0, 0.1) is 0 Å². The number of nitrogens with zero attached hydrogens (tertiary/aromatic N) is 2. The fourth-order valence-corrected chi connectivity index (χ4v) is 3.91. The van der Waals surface area contributed by atoms with E-state index in [1.54, 1.807) is 24.4 Å². The lowest BCUT2D eigenvalue weighted by Crippen LogP contribution is -2.41. The molecule has 1 aliphatic rings. The topological polar surface area (TPSA) is 87.6 Å². The molecule has 1 aliphatic heterocycles. The van der Waals surface area contributed by atoms with E-state index in [0.29, 0.717) is 31.5 Å². The molecule has 1 fully saturated rings. The van der Waals surface area contributed by atoms with Crippen molar-refractivity contribution < 1.29 is 18.3 Å². The number of carboxylic acid groups (broad SMARTS) is 1. The Bertz CT molecular complexity index is 544. The molecule has 1 N–H and O–H groups in total. The summed E-state index contributed by atoms with van der Waals surface area (Å²) in [5.41, 5.74) is 0.692. The lowest BCUT2D eigenvalue weighted by molar-refractivity contribution is -0.140. The number of pyridine rings is 1. The molecule has 19 heavy (non-hydrogen) atoms. The van der Waals surface area contributed by atoms with Crippen LogP contribution in [0.3, 0.4) is 0 Å². The Hall–Kier alpha value is -1.47. The van der Waals surface area contributed by atoms with Gasteiger partial charge in [0.2, 0.25) is 10.0 Å². The predicted octanol–water partition coefficient (Wildman–Crippen LogP) is 0.503. The van der Waals surface area contributed by atoms with Gasteiger partial charge in [0.15, 0.2) is 0 Å². The molecule has 0 radical (unpaired) electrons. The van der Waals surface area contributed by atoms with Crippen molar-refractivity contribution in [2.75, 3.05) is 12.3 Å². The summed E-state index contributed by atoms with van der Waals surface area (Å²) in [5.74, 6) is -1.17. The highest BCUT2D eigenvalue weighted by molar-refractivity contribution is 7.89. The fraction of sp³-hybridized carbons (Fsp3) is 0.500. The van der Waals surface area contributed by atoms with Crippen LogP contribution in [-0.2, 0) is 21.2 Å². The minimum Gasteiger partial charge on any atom is -0.480 e. The van der Waals surface area contributed by atoms with Crippen molar-refractivity contribution in [1.29, 1.82) is 0 Å². The molecule has 7 heteroatoms. The van der Waals surface area contributed by atoms with Crippen molar-refractivity contribution in [2.45, 2.75) is 25.3 Å². The zero-order chi connectivity index (χ0) is 13.9. The van der Waals surface area contributed by atoms with Crippen LogP contribution in [0.1, 0.15) is 18.5 Å². The first-order valence-electron chi connectivity index (χ1n) is 6.13. The maximum absolute atomic E-state index is 12.2. The summed E-state index contributed by atoms with van der Waals surface area (Å²) in [6.07, 6.45) is 2.89. The molecule has 6 nitrogen and oxygen atoms in total. The third kappa shape index (κ3) is 3.30. The number of aromatic nitrogens is 1. The second-order valence-corrected chi connectivity index (χ2v) is 6.54. The number of hydrogen-bond acceptors (Lipinski definition) is 4. The van der Waals surface area contributed by atoms with E-state index in [2.05, 4.69) is 4.98 Å². The monoisotopic (exact) mass is 284 g/mol. The molecule has 0 amide bonds. The molecule has 1 unspecified atom stereocenters. The average molecular weight is 284 g/mol. The van der Waals surface area contributed by atoms with Crippen LogP contribution < -0.4 is 0 Å². The SMILES string of the molecule is O=C(O)C1CCCN1S(=O)(=O)CCc1ccccn1. The molecule has 0 aromatic carbocycles. The van der Waals surface area contributed by atoms with Gasteiger partial charge in [-0.15, -0.1) is 0 Å². The van der Waals surface area contributed by atoms with Gasteiger partial charge in [-0.2, -0.15) is 4.31 Å². The highest BCUT2D eigenvalue weighted by atomic mass is 32.2. The summed E-state index contributed by atoms with van der Waals surface area (Å²) in [4.78, 5) is 15.1. The van der Waals surface area contributed by atoms with Crippen molar-refractivity contribution in [3.05, 3.63) is 30.1 Å². The second kappa shape index (κ2) is 5.66. The number of carbonyl (C=O) groups is 1. The van der Waals surface area contributed by atoms with Crippen LogP contribution >= 0.6 is 0 Å². The van der Waals surface area contributed by atoms with Gasteiger partial charge in [-0.05, 0) is 25.0 Å². The zero-order valence-corrected chi connectivity index (χ0v) is 11.2. The summed E-state index contributed by atoms with van der Waals surface area (Å²) in [7, 11) is -3.54. The number of sulfonamides is 1. The Kier molecular flexibility index (Phi) is 4.16. The van der Waals surface area contributed by atoms with Gasteiger partial charge in [0.1, 0.15) is 6.04 Å². The Balaban J connectivity index is 2.04. The smallest absolute Gasteiger partial charge is 0.322 e. The van der Waals surface area contributed by atoms with Crippen molar-refractivity contribution >= 4 is 16.0 Å². The van der Waals surface area contributed by atoms with Crippen LogP contribution in [0.5, 0.6) is 0 Å². The Morgan fingerprint density at radius 3 is 2.89 bits per heavy atom. The van der Waals surface area contributed by atoms with Crippen molar-refractivity contribution in [2.24, 2.45) is 0 Å². The first-order valence-corrected chi connectivity index (χ1v) is 7.74. The van der Waals surface area contributed by atoms with Crippen molar-refractivity contribution in [3.8, 4) is 0 Å². The zero-order valence-electron chi connectivity index (χ0n) is 10.4. The Morgan fingerprint density at radius 1 is 1.47 bits per heavy atom. The number of rotatable bonds is 5. The molecule has 0 bridgehead atoms. The van der Waals surface area contributed by atoms with Crippen LogP contribution in [0.4, 0.5) is 0 Å². The molecule has 1 aromatic rings. The average Bonchev–Trinajstić information content (AvgIpc) is 2.88. The summed E-state index contributed by atoms with van der Waals surface area (Å²) in [5, 5.41) is 9.01. The van der Waals surface area contributed by atoms with E-state index in [4.69, 9.17) is 5.11 Å². The Labute approximate surface area is 112 Å². The van der Waals surface area contributed by atoms with E-state index in [1.807, 2.05) is 0 Å². The third-order valence-corrected chi connectivity index (χ3v) is 5.06. The van der Waals surface area contributed by atoms with Gasteiger partial charge in [0.05, 0.1) is 5.75 Å². The molecule has 0 saturated carbocycles. The molecule has 0 aliphatic carbocycles. The van der Waals surface area contributed by atoms with Gasteiger partial charge in [0, 0.05) is 24.9 Å². The molecule has 2 heterocycles. The van der Waals surface area contributed by atoms with Gasteiger partial charge < -0.3 is 5.11 Å². The molecule has 2 rings (SSSR count). The van der Waals surface area contributed by atoms with E-state index in [0.717, 1.165) is 4.31 Å². The molecule has 1 saturated heterocycles. The van der Waals surface area contributed by atoms with E-state index in [-0.39, 0.29) is 5.75 Å². The van der Waals surface area contributed by atoms with E-state index in [1.165, 1.54) is 0 Å². The summed E-state index contributed by atoms with van der Waals surface area (Å²) < 4.78 is 25.4. The number of aliphatic carboxylic acids is 1. The summed E-state index contributed by atoms with van der Waals surface area (Å²) >= 11 is 0. The molecule has 1 atom stereocenters. The third-order valence-electron chi connectivity index (χ3n) is 3.19. The predicted molar refractivity (Wildman–Crippen MR) is 69.1 cm³/mol. The van der Waals surface area contributed by atoms with Crippen LogP contribution in [0.25, 0.3) is 0 Å². The molecule has 1 aromatic heterocycles. The standard InChI is InChI=1S/C12H16N2O4S/c15-12(16)11-5-3-8-14(11)19(17,18)9-6-10-4-1-2-7-13-10/h1-2,4,7,11H,3,5-6,8-9H2,(H,15,16). The quantitative estimate of drug-likeness (QED) is 0.851. The summed E-state index contributed by atoms with van der Waals surface area (Å²) in [6.45, 7) is 0.293. The van der Waals surface area contributed by atoms with E-state index < -0.39 is 22.0 Å². The highest BCUT2D eigenvalue weighted by Gasteiger charge is 2.38. The van der Waals surface area contributed by atoms with Gasteiger partial charge in [-0.25, -0.2) is 8.42 Å². The molecule has 104 valence electrons. The molecule has 0 spiro atoms. The van der Waals surface area contributed by atoms with Gasteiger partial charge in [0.25, 0.3) is 0 Å². The minimum absolute atomic E-state index is 0.103. The lowest BCUT2D eigenvalue weighted by Gasteiger charge is -2.20. The number of hydrogen-bond donors (Lipinski definition) is 1. The maximum atomic E-state index is 12.2. The van der Waals surface area contributed by atoms with Gasteiger partial charge in [-0.3, -0.25) is 9.78 Å². The van der Waals surface area contributed by atoms with Crippen molar-refractivity contribution in [3.63, 3.8) is 0 Å². The number of carboxylic acids is 1. The minimum atomic E-state index is -3.54. The van der Waals surface area contributed by atoms with Crippen LogP contribution in [0.15, 0.2) is 24.4 Å². The van der Waals surface area contributed by atoms with Crippen LogP contribution in [0.2, 0.25) is 0 Å². The highest BCUT2D eigenvalue weighted by Crippen LogP contribution is 2.21. The summed E-state index contributed by atoms with van der Waals surface area (Å²) in [6, 6.07) is 4.41. The first-order chi connectivity index (χ1) is 9.00. The van der Waals surface area contributed by atoms with E-state index >= 15 is 0 Å². The number of aryl methyl sites for hydroxylation is 1. The normalized spacial score (nSPS) is 20.5. The largest absolute Gasteiger partial charge is 0.480 e. The molecular weight excluding hydrogens is 268 g/mol. The van der Waals surface area contributed by atoms with E-state index in [9.17, 15) is 13.2 Å². The van der Waals surface area contributed by atoms with Gasteiger partial charge in [-0.1, -0.05) is 6.07 Å². The molecular formula is C12H16N2O4S. The van der Waals surface area contributed by atoms with Gasteiger partial charge >= 0.3 is 5.97 Å². The van der Waals surface area contributed by atoms with Crippen molar-refractivity contribution in [1.82, 2.24) is 9.29 Å². The first kappa shape index (κ1) is 14.0. The second-order valence-electron chi connectivity index (χ2n) is 4.49. The maximum Gasteiger partial charge on any atom is 0.322 e. The van der Waals surface area contributed by atoms with Crippen LogP contribution in [-0.4, -0.2) is 47.1 Å². The lowest BCUT2D eigenvalue weighted by atomic mass is 10.2. The Morgan fingerprint density at radius 2 is 2.26 bits per heavy atom.